The Morgan fingerprint density at radius 1 is 0.897 bits per heavy atom. The zero-order chi connectivity index (χ0) is 20.3. The molecular weight excluding hydrogens is 364 g/mol. The van der Waals surface area contributed by atoms with E-state index in [1.807, 2.05) is 54.6 Å². The molecule has 3 aromatic carbocycles. The fourth-order valence-electron chi connectivity index (χ4n) is 4.28. The summed E-state index contributed by atoms with van der Waals surface area (Å²) in [5.41, 5.74) is 1.31. The van der Waals surface area contributed by atoms with Crippen LogP contribution in [0, 0.1) is 0 Å². The lowest BCUT2D eigenvalue weighted by Crippen LogP contribution is -2.52. The number of likely N-dealkylation sites (tertiary alicyclic amines) is 1. The van der Waals surface area contributed by atoms with Gasteiger partial charge in [0.05, 0.1) is 5.41 Å². The van der Waals surface area contributed by atoms with Crippen LogP contribution in [0.5, 0.6) is 0 Å². The molecule has 0 saturated carbocycles. The van der Waals surface area contributed by atoms with Gasteiger partial charge in [0.15, 0.2) is 0 Å². The molecule has 1 saturated heterocycles. The molecule has 5 heteroatoms. The second kappa shape index (κ2) is 7.95. The molecule has 1 heterocycles. The van der Waals surface area contributed by atoms with Gasteiger partial charge in [-0.25, -0.2) is 4.79 Å². The molecular formula is C24H24N2O3. The average molecular weight is 388 g/mol. The Hall–Kier alpha value is -3.34. The minimum atomic E-state index is -0.928. The van der Waals surface area contributed by atoms with Crippen molar-refractivity contribution in [1.29, 1.82) is 0 Å². The van der Waals surface area contributed by atoms with Crippen molar-refractivity contribution in [1.82, 2.24) is 10.2 Å². The molecule has 4 rings (SSSR count). The van der Waals surface area contributed by atoms with Gasteiger partial charge in [-0.2, -0.15) is 0 Å². The van der Waals surface area contributed by atoms with Crippen LogP contribution in [0.2, 0.25) is 0 Å². The third-order valence-corrected chi connectivity index (χ3v) is 5.97. The normalized spacial score (nSPS) is 15.8. The maximum Gasteiger partial charge on any atom is 0.407 e. The smallest absolute Gasteiger partial charge is 0.407 e. The van der Waals surface area contributed by atoms with E-state index in [0.717, 1.165) is 21.9 Å². The summed E-state index contributed by atoms with van der Waals surface area (Å²) in [6.07, 6.45) is 0.0258. The number of nitrogens with zero attached hydrogens (tertiary/aromatic N) is 1. The zero-order valence-electron chi connectivity index (χ0n) is 16.2. The Kier molecular flexibility index (Phi) is 5.21. The van der Waals surface area contributed by atoms with Gasteiger partial charge >= 0.3 is 6.09 Å². The van der Waals surface area contributed by atoms with Crippen molar-refractivity contribution >= 4 is 22.8 Å². The molecule has 0 bridgehead atoms. The SMILES string of the molecule is O=C(O)N1CCC(C(=O)NCc2cccc3ccccc23)(c2ccccc2)CC1. The fraction of sp³-hybridized carbons (Fsp3) is 0.250. The summed E-state index contributed by atoms with van der Waals surface area (Å²) in [5.74, 6) is -0.0401. The van der Waals surface area contributed by atoms with Gasteiger partial charge < -0.3 is 15.3 Å². The zero-order valence-corrected chi connectivity index (χ0v) is 16.2. The highest BCUT2D eigenvalue weighted by Crippen LogP contribution is 2.36. The lowest BCUT2D eigenvalue weighted by atomic mass is 9.72. The Labute approximate surface area is 170 Å². The molecule has 2 amide bonds. The van der Waals surface area contributed by atoms with Gasteiger partial charge in [0.2, 0.25) is 5.91 Å². The monoisotopic (exact) mass is 388 g/mol. The Bertz CT molecular complexity index is 1020. The van der Waals surface area contributed by atoms with Gasteiger partial charge in [-0.15, -0.1) is 0 Å². The number of hydrogen-bond acceptors (Lipinski definition) is 2. The topological polar surface area (TPSA) is 69.6 Å². The number of hydrogen-bond donors (Lipinski definition) is 2. The number of carbonyl (C=O) groups is 2. The van der Waals surface area contributed by atoms with Crippen LogP contribution in [0.1, 0.15) is 24.0 Å². The van der Waals surface area contributed by atoms with Crippen molar-refractivity contribution in [3.63, 3.8) is 0 Å². The van der Waals surface area contributed by atoms with Gasteiger partial charge in [-0.05, 0) is 34.7 Å². The molecule has 0 aromatic heterocycles. The van der Waals surface area contributed by atoms with E-state index in [0.29, 0.717) is 32.5 Å². The van der Waals surface area contributed by atoms with Crippen LogP contribution in [0.3, 0.4) is 0 Å². The van der Waals surface area contributed by atoms with Crippen LogP contribution in [-0.4, -0.2) is 35.1 Å². The van der Waals surface area contributed by atoms with Crippen LogP contribution in [0.25, 0.3) is 10.8 Å². The van der Waals surface area contributed by atoms with E-state index < -0.39 is 11.5 Å². The second-order valence-electron chi connectivity index (χ2n) is 7.54. The maximum absolute atomic E-state index is 13.4. The van der Waals surface area contributed by atoms with Gasteiger partial charge in [0.1, 0.15) is 0 Å². The van der Waals surface area contributed by atoms with Crippen molar-refractivity contribution in [2.24, 2.45) is 0 Å². The van der Waals surface area contributed by atoms with Gasteiger partial charge in [0.25, 0.3) is 0 Å². The van der Waals surface area contributed by atoms with E-state index in [-0.39, 0.29) is 5.91 Å². The average Bonchev–Trinajstić information content (AvgIpc) is 2.78. The number of piperidine rings is 1. The highest BCUT2D eigenvalue weighted by atomic mass is 16.4. The van der Waals surface area contributed by atoms with Crippen LogP contribution < -0.4 is 5.32 Å². The van der Waals surface area contributed by atoms with E-state index in [4.69, 9.17) is 0 Å². The number of rotatable bonds is 4. The second-order valence-corrected chi connectivity index (χ2v) is 7.54. The molecule has 0 unspecified atom stereocenters. The van der Waals surface area contributed by atoms with Crippen molar-refractivity contribution in [2.75, 3.05) is 13.1 Å². The maximum atomic E-state index is 13.4. The molecule has 0 radical (unpaired) electrons. The first kappa shape index (κ1) is 19.0. The minimum absolute atomic E-state index is 0.0401. The largest absolute Gasteiger partial charge is 0.465 e. The molecule has 0 spiro atoms. The Balaban J connectivity index is 1.58. The van der Waals surface area contributed by atoms with Crippen molar-refractivity contribution in [3.05, 3.63) is 83.9 Å². The standard InChI is InChI=1S/C24H24N2O3/c27-22(25-17-19-9-6-8-18-7-4-5-12-21(18)19)24(20-10-2-1-3-11-20)13-15-26(16-14-24)23(28)29/h1-12H,13-17H2,(H,25,27)(H,28,29). The molecule has 5 nitrogen and oxygen atoms in total. The number of carboxylic acid groups (broad SMARTS) is 1. The quantitative estimate of drug-likeness (QED) is 0.705. The first-order valence-electron chi connectivity index (χ1n) is 9.88. The van der Waals surface area contributed by atoms with E-state index in [2.05, 4.69) is 23.5 Å². The first-order valence-corrected chi connectivity index (χ1v) is 9.88. The van der Waals surface area contributed by atoms with E-state index >= 15 is 0 Å². The number of carbonyl (C=O) groups excluding carboxylic acids is 1. The van der Waals surface area contributed by atoms with Crippen molar-refractivity contribution in [3.8, 4) is 0 Å². The molecule has 1 fully saturated rings. The molecule has 1 aliphatic rings. The van der Waals surface area contributed by atoms with E-state index in [9.17, 15) is 14.7 Å². The predicted octanol–water partition coefficient (Wildman–Crippen LogP) is 4.17. The highest BCUT2D eigenvalue weighted by molar-refractivity contribution is 5.90. The van der Waals surface area contributed by atoms with Gasteiger partial charge in [0, 0.05) is 19.6 Å². The third kappa shape index (κ3) is 3.68. The first-order chi connectivity index (χ1) is 14.1. The number of fused-ring (bicyclic) bond motifs is 1. The van der Waals surface area contributed by atoms with Crippen LogP contribution >= 0.6 is 0 Å². The Morgan fingerprint density at radius 3 is 2.28 bits per heavy atom. The Morgan fingerprint density at radius 2 is 1.55 bits per heavy atom. The summed E-state index contributed by atoms with van der Waals surface area (Å²) in [7, 11) is 0. The lowest BCUT2D eigenvalue weighted by molar-refractivity contribution is -0.128. The molecule has 29 heavy (non-hydrogen) atoms. The lowest BCUT2D eigenvalue weighted by Gasteiger charge is -2.40. The third-order valence-electron chi connectivity index (χ3n) is 5.97. The van der Waals surface area contributed by atoms with Crippen LogP contribution in [0.15, 0.2) is 72.8 Å². The van der Waals surface area contributed by atoms with Crippen molar-refractivity contribution < 1.29 is 14.7 Å². The molecule has 0 aliphatic carbocycles. The predicted molar refractivity (Wildman–Crippen MR) is 113 cm³/mol. The highest BCUT2D eigenvalue weighted by Gasteiger charge is 2.43. The van der Waals surface area contributed by atoms with Gasteiger partial charge in [-0.3, -0.25) is 4.79 Å². The number of benzene rings is 3. The fourth-order valence-corrected chi connectivity index (χ4v) is 4.28. The van der Waals surface area contributed by atoms with Crippen LogP contribution in [-0.2, 0) is 16.8 Å². The van der Waals surface area contributed by atoms with Crippen molar-refractivity contribution in [2.45, 2.75) is 24.8 Å². The van der Waals surface area contributed by atoms with E-state index in [1.165, 1.54) is 4.90 Å². The summed E-state index contributed by atoms with van der Waals surface area (Å²) in [5, 5.41) is 14.7. The molecule has 148 valence electrons. The summed E-state index contributed by atoms with van der Waals surface area (Å²) < 4.78 is 0. The minimum Gasteiger partial charge on any atom is -0.465 e. The molecule has 1 aliphatic heterocycles. The van der Waals surface area contributed by atoms with E-state index in [1.54, 1.807) is 0 Å². The number of nitrogens with one attached hydrogen (secondary N) is 1. The summed E-state index contributed by atoms with van der Waals surface area (Å²) in [6, 6.07) is 24.0. The van der Waals surface area contributed by atoms with Gasteiger partial charge in [-0.1, -0.05) is 72.8 Å². The summed E-state index contributed by atoms with van der Waals surface area (Å²) in [4.78, 5) is 26.1. The summed E-state index contributed by atoms with van der Waals surface area (Å²) >= 11 is 0. The molecule has 0 atom stereocenters. The molecule has 2 N–H and O–H groups in total. The van der Waals surface area contributed by atoms with Crippen LogP contribution in [0.4, 0.5) is 4.79 Å². The summed E-state index contributed by atoms with van der Waals surface area (Å²) in [6.45, 7) is 1.15. The number of amides is 2. The molecule has 3 aromatic rings.